The molecule has 0 aromatic heterocycles. The number of rotatable bonds is 17. The van der Waals surface area contributed by atoms with Crippen molar-refractivity contribution in [3.05, 3.63) is 121 Å². The SMILES string of the molecule is C=C(C)C(=O)OCCOc1ccc(/N=N/c2cc(F)c(/N=N/c3ccc(N(C)Nc4ccc(OCCOC(=O)C(=C)C)cc4)cc3)cc2C)cc1. The Kier molecular flexibility index (Phi) is 13.5. The van der Waals surface area contributed by atoms with Crippen LogP contribution in [0.1, 0.15) is 19.4 Å². The number of azo groups is 2. The molecule has 0 bridgehead atoms. The number of halogens is 1. The molecular formula is C38H39FN6O6. The lowest BCUT2D eigenvalue weighted by molar-refractivity contribution is -0.140. The van der Waals surface area contributed by atoms with Gasteiger partial charge in [-0.15, -0.1) is 5.11 Å². The molecule has 12 nitrogen and oxygen atoms in total. The molecule has 4 aromatic rings. The van der Waals surface area contributed by atoms with Gasteiger partial charge in [0, 0.05) is 24.3 Å². The van der Waals surface area contributed by atoms with Crippen molar-refractivity contribution in [2.45, 2.75) is 20.8 Å². The predicted molar refractivity (Wildman–Crippen MR) is 193 cm³/mol. The van der Waals surface area contributed by atoms with Crippen LogP contribution in [-0.4, -0.2) is 45.4 Å². The lowest BCUT2D eigenvalue weighted by Crippen LogP contribution is -2.24. The van der Waals surface area contributed by atoms with E-state index in [0.29, 0.717) is 45.3 Å². The lowest BCUT2D eigenvalue weighted by atomic mass is 10.2. The number of hydrazine groups is 1. The van der Waals surface area contributed by atoms with Crippen molar-refractivity contribution in [3.63, 3.8) is 0 Å². The molecule has 0 spiro atoms. The second-order valence-electron chi connectivity index (χ2n) is 11.2. The first kappa shape index (κ1) is 37.4. The largest absolute Gasteiger partial charge is 0.490 e. The van der Waals surface area contributed by atoms with Crippen LogP contribution in [-0.2, 0) is 19.1 Å². The molecule has 0 fully saturated rings. The van der Waals surface area contributed by atoms with Gasteiger partial charge in [0.1, 0.15) is 43.6 Å². The van der Waals surface area contributed by atoms with Crippen LogP contribution in [0.25, 0.3) is 0 Å². The Labute approximate surface area is 295 Å². The molecule has 0 amide bonds. The molecule has 13 heteroatoms. The number of benzene rings is 4. The zero-order chi connectivity index (χ0) is 36.8. The van der Waals surface area contributed by atoms with E-state index in [9.17, 15) is 14.0 Å². The maximum Gasteiger partial charge on any atom is 0.333 e. The molecule has 0 atom stereocenters. The molecule has 0 saturated carbocycles. The molecule has 1 N–H and O–H groups in total. The average Bonchev–Trinajstić information content (AvgIpc) is 3.12. The highest BCUT2D eigenvalue weighted by Gasteiger charge is 2.09. The standard InChI is InChI=1S/C38H39FN6O6/c1-25(2)37(46)50-21-19-48-32-15-9-29(10-16-32)40-42-35-24-34(39)36(23-27(35)5)43-41-28-7-13-31(14-8-28)45(6)44-30-11-17-33(18-12-30)49-20-22-51-38(47)26(3)4/h7-18,23-24,44H,1,3,19-22H2,2,4-6H3/b42-40+,43-41+. The van der Waals surface area contributed by atoms with Crippen LogP contribution in [0.2, 0.25) is 0 Å². The number of nitrogens with one attached hydrogen (secondary N) is 1. The van der Waals surface area contributed by atoms with Gasteiger partial charge in [0.15, 0.2) is 5.82 Å². The van der Waals surface area contributed by atoms with Crippen LogP contribution in [0.3, 0.4) is 0 Å². The minimum atomic E-state index is -0.586. The number of hydrogen-bond donors (Lipinski definition) is 1. The highest BCUT2D eigenvalue weighted by molar-refractivity contribution is 5.87. The molecule has 51 heavy (non-hydrogen) atoms. The smallest absolute Gasteiger partial charge is 0.333 e. The normalized spacial score (nSPS) is 10.9. The summed E-state index contributed by atoms with van der Waals surface area (Å²) in [4.78, 5) is 22.8. The second-order valence-corrected chi connectivity index (χ2v) is 11.2. The fraction of sp³-hybridized carbons (Fsp3) is 0.211. The quantitative estimate of drug-likeness (QED) is 0.0380. The summed E-state index contributed by atoms with van der Waals surface area (Å²) in [5.41, 5.74) is 7.82. The third kappa shape index (κ3) is 11.9. The molecule has 0 saturated heterocycles. The van der Waals surface area contributed by atoms with Gasteiger partial charge in [-0.3, -0.25) is 10.4 Å². The van der Waals surface area contributed by atoms with Crippen LogP contribution in [0.5, 0.6) is 11.5 Å². The zero-order valence-electron chi connectivity index (χ0n) is 28.9. The average molecular weight is 695 g/mol. The van der Waals surface area contributed by atoms with Gasteiger partial charge in [0.05, 0.1) is 28.4 Å². The number of esters is 2. The molecule has 0 radical (unpaired) electrons. The minimum absolute atomic E-state index is 0.0741. The molecule has 0 heterocycles. The number of carbonyl (C=O) groups is 2. The van der Waals surface area contributed by atoms with E-state index < -0.39 is 17.8 Å². The van der Waals surface area contributed by atoms with Crippen LogP contribution in [0.15, 0.2) is 130 Å². The van der Waals surface area contributed by atoms with Crippen molar-refractivity contribution in [2.24, 2.45) is 20.5 Å². The highest BCUT2D eigenvalue weighted by atomic mass is 19.1. The summed E-state index contributed by atoms with van der Waals surface area (Å²) in [6.07, 6.45) is 0. The van der Waals surface area contributed by atoms with Crippen molar-refractivity contribution in [3.8, 4) is 11.5 Å². The fourth-order valence-corrected chi connectivity index (χ4v) is 4.13. The maximum atomic E-state index is 14.9. The molecule has 4 rings (SSSR count). The van der Waals surface area contributed by atoms with E-state index in [4.69, 9.17) is 18.9 Å². The molecule has 264 valence electrons. The Hall–Kier alpha value is -6.37. The Balaban J connectivity index is 1.26. The molecule has 0 aliphatic heterocycles. The van der Waals surface area contributed by atoms with E-state index >= 15 is 0 Å². The van der Waals surface area contributed by atoms with Crippen LogP contribution >= 0.6 is 0 Å². The minimum Gasteiger partial charge on any atom is -0.490 e. The van der Waals surface area contributed by atoms with Crippen molar-refractivity contribution >= 4 is 46.1 Å². The second kappa shape index (κ2) is 18.4. The number of ether oxygens (including phenoxy) is 4. The summed E-state index contributed by atoms with van der Waals surface area (Å²) in [6, 6.07) is 24.3. The van der Waals surface area contributed by atoms with E-state index in [-0.39, 0.29) is 32.1 Å². The molecule has 0 unspecified atom stereocenters. The number of nitrogens with zero attached hydrogens (tertiary/aromatic N) is 5. The number of aryl methyl sites for hydroxylation is 1. The van der Waals surface area contributed by atoms with Gasteiger partial charge >= 0.3 is 11.9 Å². The van der Waals surface area contributed by atoms with E-state index in [1.807, 2.05) is 48.5 Å². The van der Waals surface area contributed by atoms with Crippen molar-refractivity contribution < 1.29 is 32.9 Å². The Morgan fingerprint density at radius 1 is 0.686 bits per heavy atom. The van der Waals surface area contributed by atoms with Gasteiger partial charge in [-0.25, -0.2) is 14.0 Å². The van der Waals surface area contributed by atoms with Gasteiger partial charge in [-0.2, -0.15) is 15.3 Å². The van der Waals surface area contributed by atoms with E-state index in [0.717, 1.165) is 11.4 Å². The Morgan fingerprint density at radius 2 is 1.16 bits per heavy atom. The fourth-order valence-electron chi connectivity index (χ4n) is 4.13. The zero-order valence-corrected chi connectivity index (χ0v) is 28.9. The van der Waals surface area contributed by atoms with Crippen molar-refractivity contribution in [1.29, 1.82) is 0 Å². The predicted octanol–water partition coefficient (Wildman–Crippen LogP) is 9.42. The maximum absolute atomic E-state index is 14.9. The third-order valence-corrected chi connectivity index (χ3v) is 6.90. The molecular weight excluding hydrogens is 655 g/mol. The van der Waals surface area contributed by atoms with Crippen molar-refractivity contribution in [1.82, 2.24) is 0 Å². The third-order valence-electron chi connectivity index (χ3n) is 6.90. The number of anilines is 2. The summed E-state index contributed by atoms with van der Waals surface area (Å²) in [6.45, 7) is 12.7. The van der Waals surface area contributed by atoms with E-state index in [2.05, 4.69) is 39.0 Å². The lowest BCUT2D eigenvalue weighted by Gasteiger charge is -2.21. The van der Waals surface area contributed by atoms with Crippen LogP contribution in [0, 0.1) is 12.7 Å². The topological polar surface area (TPSA) is 136 Å². The summed E-state index contributed by atoms with van der Waals surface area (Å²) in [5, 5.41) is 18.5. The number of carbonyl (C=O) groups excluding carboxylic acids is 2. The summed E-state index contributed by atoms with van der Waals surface area (Å²) < 4.78 is 36.1. The first-order valence-electron chi connectivity index (χ1n) is 15.8. The first-order valence-corrected chi connectivity index (χ1v) is 15.8. The van der Waals surface area contributed by atoms with Gasteiger partial charge in [0.2, 0.25) is 0 Å². The van der Waals surface area contributed by atoms with Gasteiger partial charge in [-0.05, 0) is 105 Å². The van der Waals surface area contributed by atoms with Crippen LogP contribution < -0.4 is 19.9 Å². The van der Waals surface area contributed by atoms with Gasteiger partial charge in [-0.1, -0.05) is 13.2 Å². The number of hydrogen-bond acceptors (Lipinski definition) is 12. The Bertz CT molecular complexity index is 1890. The summed E-state index contributed by atoms with van der Waals surface area (Å²) in [5.74, 6) is -0.282. The van der Waals surface area contributed by atoms with Gasteiger partial charge in [0.25, 0.3) is 0 Å². The van der Waals surface area contributed by atoms with Gasteiger partial charge < -0.3 is 18.9 Å². The van der Waals surface area contributed by atoms with Crippen molar-refractivity contribution in [2.75, 3.05) is 43.9 Å². The first-order chi connectivity index (χ1) is 24.5. The monoisotopic (exact) mass is 694 g/mol. The molecule has 4 aromatic carbocycles. The molecule has 0 aliphatic rings. The van der Waals surface area contributed by atoms with E-state index in [1.54, 1.807) is 63.2 Å². The summed E-state index contributed by atoms with van der Waals surface area (Å²) >= 11 is 0. The van der Waals surface area contributed by atoms with Crippen LogP contribution in [0.4, 0.5) is 38.5 Å². The highest BCUT2D eigenvalue weighted by Crippen LogP contribution is 2.31. The summed E-state index contributed by atoms with van der Waals surface area (Å²) in [7, 11) is 1.87. The molecule has 0 aliphatic carbocycles. The Morgan fingerprint density at radius 3 is 1.67 bits per heavy atom. The van der Waals surface area contributed by atoms with E-state index in [1.165, 1.54) is 6.07 Å².